The molecule has 5 N–H and O–H groups in total. The van der Waals surface area contributed by atoms with Crippen LogP contribution in [0.1, 0.15) is 68.6 Å². The maximum atomic E-state index is 12.0. The van der Waals surface area contributed by atoms with Gasteiger partial charge in [-0.1, -0.05) is 32.6 Å². The molecule has 0 bridgehead atoms. The maximum absolute atomic E-state index is 12.0. The maximum Gasteiger partial charge on any atom is 0.248 e. The first-order valence-electron chi connectivity index (χ1n) is 13.8. The molecule has 11 heteroatoms. The molecule has 1 fully saturated rings. The molecule has 1 aromatic carbocycles. The molecule has 0 heterocycles. The number of primary amides is 1. The number of amides is 4. The predicted molar refractivity (Wildman–Crippen MR) is 146 cm³/mol. The molecule has 1 aliphatic carbocycles. The van der Waals surface area contributed by atoms with E-state index >= 15 is 0 Å². The topological polar surface area (TPSA) is 158 Å². The van der Waals surface area contributed by atoms with Crippen molar-refractivity contribution in [1.29, 1.82) is 0 Å². The van der Waals surface area contributed by atoms with E-state index in [0.717, 1.165) is 12.8 Å². The molecular formula is C28H44N4O7. The van der Waals surface area contributed by atoms with Crippen LogP contribution in [0.15, 0.2) is 24.3 Å². The molecule has 0 atom stereocenters. The second kappa shape index (κ2) is 18.2. The number of hydrogen-bond donors (Lipinski definition) is 4. The summed E-state index contributed by atoms with van der Waals surface area (Å²) in [5.41, 5.74) is 5.75. The highest BCUT2D eigenvalue weighted by atomic mass is 16.5. The quantitative estimate of drug-likeness (QED) is 0.160. The van der Waals surface area contributed by atoms with E-state index in [9.17, 15) is 19.2 Å². The van der Waals surface area contributed by atoms with Crippen LogP contribution >= 0.6 is 0 Å². The highest BCUT2D eigenvalue weighted by Crippen LogP contribution is 2.34. The lowest BCUT2D eigenvalue weighted by Crippen LogP contribution is -2.37. The van der Waals surface area contributed by atoms with Crippen molar-refractivity contribution < 1.29 is 33.4 Å². The Balaban J connectivity index is 1.40. The molecule has 2 rings (SSSR count). The van der Waals surface area contributed by atoms with Crippen molar-refractivity contribution in [2.24, 2.45) is 11.1 Å². The van der Waals surface area contributed by atoms with Crippen LogP contribution in [-0.4, -0.2) is 76.3 Å². The number of nitrogens with two attached hydrogens (primary N) is 1. The number of carbonyl (C=O) groups is 4. The van der Waals surface area contributed by atoms with Gasteiger partial charge in [0.05, 0.1) is 19.8 Å². The van der Waals surface area contributed by atoms with Crippen molar-refractivity contribution in [1.82, 2.24) is 16.0 Å². The minimum Gasteiger partial charge on any atom is -0.491 e. The van der Waals surface area contributed by atoms with Gasteiger partial charge in [0.2, 0.25) is 23.6 Å². The van der Waals surface area contributed by atoms with Gasteiger partial charge in [0, 0.05) is 38.0 Å². The largest absolute Gasteiger partial charge is 0.491 e. The van der Waals surface area contributed by atoms with Crippen molar-refractivity contribution in [3.63, 3.8) is 0 Å². The van der Waals surface area contributed by atoms with Gasteiger partial charge in [-0.05, 0) is 42.5 Å². The van der Waals surface area contributed by atoms with Crippen LogP contribution in [0.5, 0.6) is 5.75 Å². The molecule has 39 heavy (non-hydrogen) atoms. The minimum atomic E-state index is -0.496. The zero-order chi connectivity index (χ0) is 28.3. The van der Waals surface area contributed by atoms with E-state index in [1.54, 1.807) is 24.3 Å². The summed E-state index contributed by atoms with van der Waals surface area (Å²) in [6, 6.07) is 6.48. The summed E-state index contributed by atoms with van der Waals surface area (Å²) in [4.78, 5) is 46.8. The van der Waals surface area contributed by atoms with Gasteiger partial charge in [-0.3, -0.25) is 19.2 Å². The van der Waals surface area contributed by atoms with Gasteiger partial charge in [0.15, 0.2) is 0 Å². The fourth-order valence-electron chi connectivity index (χ4n) is 4.27. The minimum absolute atomic E-state index is 0.0205. The van der Waals surface area contributed by atoms with Crippen molar-refractivity contribution in [2.75, 3.05) is 52.7 Å². The molecule has 0 saturated heterocycles. The SMILES string of the molecule is CC1(COCC(=O)NCCNC(=O)CCC(=O)NCCOCCOc2ccc(C(N)=O)cc2)CCCCCC1. The zero-order valence-corrected chi connectivity index (χ0v) is 23.1. The van der Waals surface area contributed by atoms with Gasteiger partial charge < -0.3 is 35.9 Å². The lowest BCUT2D eigenvalue weighted by molar-refractivity contribution is -0.127. The number of ether oxygens (including phenoxy) is 3. The summed E-state index contributed by atoms with van der Waals surface area (Å²) in [5.74, 6) is -0.597. The highest BCUT2D eigenvalue weighted by molar-refractivity contribution is 5.92. The first-order chi connectivity index (χ1) is 18.8. The fraction of sp³-hybridized carbons (Fsp3) is 0.643. The van der Waals surface area contributed by atoms with Gasteiger partial charge in [-0.25, -0.2) is 0 Å². The van der Waals surface area contributed by atoms with E-state index in [-0.39, 0.29) is 49.1 Å². The van der Waals surface area contributed by atoms with Crippen molar-refractivity contribution >= 4 is 23.6 Å². The zero-order valence-electron chi connectivity index (χ0n) is 23.1. The monoisotopic (exact) mass is 548 g/mol. The van der Waals surface area contributed by atoms with Crippen molar-refractivity contribution in [3.05, 3.63) is 29.8 Å². The summed E-state index contributed by atoms with van der Waals surface area (Å²) in [6.45, 7) is 4.71. The third kappa shape index (κ3) is 14.5. The number of benzene rings is 1. The van der Waals surface area contributed by atoms with Crippen LogP contribution in [0.2, 0.25) is 0 Å². The van der Waals surface area contributed by atoms with Crippen LogP contribution in [0.3, 0.4) is 0 Å². The van der Waals surface area contributed by atoms with Crippen LogP contribution < -0.4 is 26.4 Å². The average molecular weight is 549 g/mol. The standard InChI is InChI=1S/C28H44N4O7/c1-28(12-4-2-3-5-13-28)21-38-20-26(35)31-15-14-30-24(33)10-11-25(34)32-16-17-37-18-19-39-23-8-6-22(7-9-23)27(29)36/h6-9H,2-5,10-21H2,1H3,(H2,29,36)(H,30,33)(H,31,35)(H,32,34). The molecule has 0 aliphatic heterocycles. The third-order valence-corrected chi connectivity index (χ3v) is 6.55. The van der Waals surface area contributed by atoms with Gasteiger partial charge >= 0.3 is 0 Å². The number of carbonyl (C=O) groups excluding carboxylic acids is 4. The number of hydrogen-bond acceptors (Lipinski definition) is 7. The molecule has 0 radical (unpaired) electrons. The van der Waals surface area contributed by atoms with Crippen LogP contribution in [0.4, 0.5) is 0 Å². The number of nitrogens with one attached hydrogen (secondary N) is 3. The Bertz CT molecular complexity index is 900. The van der Waals surface area contributed by atoms with E-state index in [2.05, 4.69) is 22.9 Å². The lowest BCUT2D eigenvalue weighted by Gasteiger charge is -2.27. The van der Waals surface area contributed by atoms with E-state index in [4.69, 9.17) is 19.9 Å². The number of rotatable bonds is 18. The highest BCUT2D eigenvalue weighted by Gasteiger charge is 2.26. The van der Waals surface area contributed by atoms with Gasteiger partial charge in [0.1, 0.15) is 19.0 Å². The first-order valence-corrected chi connectivity index (χ1v) is 13.8. The van der Waals surface area contributed by atoms with Gasteiger partial charge in [-0.15, -0.1) is 0 Å². The summed E-state index contributed by atoms with van der Waals surface area (Å²) in [5, 5.41) is 8.12. The third-order valence-electron chi connectivity index (χ3n) is 6.55. The van der Waals surface area contributed by atoms with Crippen LogP contribution in [0.25, 0.3) is 0 Å². The molecule has 1 aromatic rings. The Morgan fingerprint density at radius 2 is 1.36 bits per heavy atom. The molecule has 218 valence electrons. The second-order valence-corrected chi connectivity index (χ2v) is 10.1. The first kappa shape index (κ1) is 32.0. The van der Waals surface area contributed by atoms with E-state index in [0.29, 0.717) is 50.8 Å². The molecule has 0 aromatic heterocycles. The summed E-state index contributed by atoms with van der Waals surface area (Å²) < 4.78 is 16.6. The summed E-state index contributed by atoms with van der Waals surface area (Å²) in [7, 11) is 0. The molecular weight excluding hydrogens is 504 g/mol. The molecule has 1 aliphatic rings. The van der Waals surface area contributed by atoms with E-state index in [1.165, 1.54) is 25.7 Å². The molecule has 0 spiro atoms. The van der Waals surface area contributed by atoms with Crippen LogP contribution in [0, 0.1) is 5.41 Å². The molecule has 4 amide bonds. The Hall–Kier alpha value is -3.18. The Labute approximate surface area is 230 Å². The fourth-order valence-corrected chi connectivity index (χ4v) is 4.27. The Morgan fingerprint density at radius 1 is 0.769 bits per heavy atom. The van der Waals surface area contributed by atoms with Gasteiger partial charge in [0.25, 0.3) is 0 Å². The Morgan fingerprint density at radius 3 is 1.97 bits per heavy atom. The van der Waals surface area contributed by atoms with E-state index < -0.39 is 5.91 Å². The van der Waals surface area contributed by atoms with Gasteiger partial charge in [-0.2, -0.15) is 0 Å². The van der Waals surface area contributed by atoms with Crippen molar-refractivity contribution in [2.45, 2.75) is 58.3 Å². The summed E-state index contributed by atoms with van der Waals surface area (Å²) >= 11 is 0. The van der Waals surface area contributed by atoms with Crippen molar-refractivity contribution in [3.8, 4) is 5.75 Å². The Kier molecular flexibility index (Phi) is 14.9. The average Bonchev–Trinajstić information content (AvgIpc) is 3.14. The normalized spacial score (nSPS) is 14.6. The van der Waals surface area contributed by atoms with Crippen LogP contribution in [-0.2, 0) is 23.9 Å². The second-order valence-electron chi connectivity index (χ2n) is 10.1. The van der Waals surface area contributed by atoms with E-state index in [1.807, 2.05) is 0 Å². The summed E-state index contributed by atoms with van der Waals surface area (Å²) in [6.07, 6.45) is 7.39. The predicted octanol–water partition coefficient (Wildman–Crippen LogP) is 1.69. The molecule has 0 unspecified atom stereocenters. The lowest BCUT2D eigenvalue weighted by atomic mass is 9.83. The smallest absolute Gasteiger partial charge is 0.248 e. The molecule has 1 saturated carbocycles. The molecule has 11 nitrogen and oxygen atoms in total.